The van der Waals surface area contributed by atoms with Crippen molar-refractivity contribution in [1.82, 2.24) is 0 Å². The van der Waals surface area contributed by atoms with Gasteiger partial charge in [0.05, 0.1) is 0 Å². The van der Waals surface area contributed by atoms with E-state index in [1.165, 1.54) is 12.1 Å². The highest BCUT2D eigenvalue weighted by atomic mass is 32.2. The van der Waals surface area contributed by atoms with Crippen molar-refractivity contribution in [2.45, 2.75) is 11.9 Å². The Morgan fingerprint density at radius 3 is 2.42 bits per heavy atom. The van der Waals surface area contributed by atoms with Crippen molar-refractivity contribution < 1.29 is 30.6 Å². The van der Waals surface area contributed by atoms with Crippen LogP contribution in [0.5, 0.6) is 5.75 Å². The molecule has 0 radical (unpaired) electrons. The number of benzene rings is 1. The zero-order chi connectivity index (χ0) is 14.7. The molecule has 104 valence electrons. The predicted molar refractivity (Wildman–Crippen MR) is 61.3 cm³/mol. The van der Waals surface area contributed by atoms with Crippen molar-refractivity contribution in [3.8, 4) is 5.75 Å². The summed E-state index contributed by atoms with van der Waals surface area (Å²) < 4.78 is 62.4. The molecule has 0 atom stereocenters. The van der Waals surface area contributed by atoms with Gasteiger partial charge in [0, 0.05) is 11.1 Å². The Bertz CT molecular complexity index is 590. The molecule has 8 heteroatoms. The standard InChI is InChI=1S/C11H9F3O4S/c1-2-3-9-6-8(7-15)4-5-10(9)18-19(16,17)11(12,13)14/h2,4-7H,1,3H2. The van der Waals surface area contributed by atoms with E-state index in [2.05, 4.69) is 10.8 Å². The lowest BCUT2D eigenvalue weighted by atomic mass is 10.1. The molecule has 0 aromatic heterocycles. The van der Waals surface area contributed by atoms with E-state index in [9.17, 15) is 26.4 Å². The molecule has 19 heavy (non-hydrogen) atoms. The van der Waals surface area contributed by atoms with Crippen LogP contribution in [0.25, 0.3) is 0 Å². The van der Waals surface area contributed by atoms with E-state index in [-0.39, 0.29) is 17.5 Å². The lowest BCUT2D eigenvalue weighted by Crippen LogP contribution is -2.28. The number of aldehydes is 1. The largest absolute Gasteiger partial charge is 0.534 e. The van der Waals surface area contributed by atoms with Gasteiger partial charge in [-0.05, 0) is 24.6 Å². The summed E-state index contributed by atoms with van der Waals surface area (Å²) in [6, 6.07) is 3.38. The summed E-state index contributed by atoms with van der Waals surface area (Å²) in [7, 11) is -5.73. The van der Waals surface area contributed by atoms with Gasteiger partial charge in [0.15, 0.2) is 0 Å². The van der Waals surface area contributed by atoms with E-state index in [1.54, 1.807) is 0 Å². The maximum absolute atomic E-state index is 12.2. The quantitative estimate of drug-likeness (QED) is 0.362. The van der Waals surface area contributed by atoms with Crippen LogP contribution in [0.15, 0.2) is 30.9 Å². The van der Waals surface area contributed by atoms with Gasteiger partial charge in [-0.2, -0.15) is 21.6 Å². The van der Waals surface area contributed by atoms with E-state index in [1.807, 2.05) is 0 Å². The molecule has 0 bridgehead atoms. The molecule has 0 amide bonds. The lowest BCUT2D eigenvalue weighted by molar-refractivity contribution is -0.0500. The van der Waals surface area contributed by atoms with Crippen LogP contribution in [0.4, 0.5) is 13.2 Å². The number of carbonyl (C=O) groups excluding carboxylic acids is 1. The molecule has 4 nitrogen and oxygen atoms in total. The van der Waals surface area contributed by atoms with E-state index in [0.717, 1.165) is 12.1 Å². The zero-order valence-electron chi connectivity index (χ0n) is 9.48. The molecule has 1 rings (SSSR count). The highest BCUT2D eigenvalue weighted by molar-refractivity contribution is 7.88. The van der Waals surface area contributed by atoms with E-state index >= 15 is 0 Å². The van der Waals surface area contributed by atoms with Gasteiger partial charge >= 0.3 is 15.6 Å². The first-order valence-electron chi connectivity index (χ1n) is 4.91. The number of hydrogen-bond donors (Lipinski definition) is 0. The van der Waals surface area contributed by atoms with Crippen LogP contribution in [0.2, 0.25) is 0 Å². The normalized spacial score (nSPS) is 11.9. The summed E-state index contributed by atoms with van der Waals surface area (Å²) in [4.78, 5) is 10.6. The van der Waals surface area contributed by atoms with E-state index in [4.69, 9.17) is 0 Å². The second kappa shape index (κ2) is 5.43. The predicted octanol–water partition coefficient (Wildman–Crippen LogP) is 2.46. The van der Waals surface area contributed by atoms with Gasteiger partial charge in [0.1, 0.15) is 12.0 Å². The summed E-state index contributed by atoms with van der Waals surface area (Å²) >= 11 is 0. The molecule has 0 aliphatic rings. The average Bonchev–Trinajstić information content (AvgIpc) is 2.30. The van der Waals surface area contributed by atoms with Crippen molar-refractivity contribution in [3.05, 3.63) is 42.0 Å². The Kier molecular flexibility index (Phi) is 4.35. The van der Waals surface area contributed by atoms with Gasteiger partial charge in [0.2, 0.25) is 0 Å². The Morgan fingerprint density at radius 1 is 1.32 bits per heavy atom. The van der Waals surface area contributed by atoms with Gasteiger partial charge in [-0.25, -0.2) is 0 Å². The summed E-state index contributed by atoms with van der Waals surface area (Å²) in [5.41, 5.74) is -5.21. The van der Waals surface area contributed by atoms with E-state index in [0.29, 0.717) is 6.29 Å². The molecule has 0 saturated heterocycles. The minimum absolute atomic E-state index is 0.0599. The molecule has 0 heterocycles. The van der Waals surface area contributed by atoms with Gasteiger partial charge in [-0.1, -0.05) is 6.08 Å². The molecular formula is C11H9F3O4S. The van der Waals surface area contributed by atoms with Crippen LogP contribution in [0.3, 0.4) is 0 Å². The molecule has 1 aromatic carbocycles. The number of carbonyl (C=O) groups is 1. The highest BCUT2D eigenvalue weighted by Gasteiger charge is 2.48. The first-order valence-corrected chi connectivity index (χ1v) is 6.32. The molecule has 1 aromatic rings. The molecule has 0 fully saturated rings. The Hall–Kier alpha value is -1.83. The topological polar surface area (TPSA) is 60.4 Å². The summed E-state index contributed by atoms with van der Waals surface area (Å²) in [5.74, 6) is -0.483. The number of halogens is 3. The molecule has 0 spiro atoms. The molecule has 0 aliphatic heterocycles. The second-order valence-electron chi connectivity index (χ2n) is 3.46. The monoisotopic (exact) mass is 294 g/mol. The molecule has 0 aliphatic carbocycles. The average molecular weight is 294 g/mol. The molecular weight excluding hydrogens is 285 g/mol. The number of hydrogen-bond acceptors (Lipinski definition) is 4. The smallest absolute Gasteiger partial charge is 0.376 e. The van der Waals surface area contributed by atoms with Gasteiger partial charge in [-0.15, -0.1) is 6.58 Å². The Labute approximate surface area is 107 Å². The van der Waals surface area contributed by atoms with E-state index < -0.39 is 21.4 Å². The number of allylic oxidation sites excluding steroid dienone is 1. The third-order valence-electron chi connectivity index (χ3n) is 2.07. The lowest BCUT2D eigenvalue weighted by Gasteiger charge is -2.12. The maximum atomic E-state index is 12.2. The van der Waals surface area contributed by atoms with Gasteiger partial charge in [-0.3, -0.25) is 4.79 Å². The summed E-state index contributed by atoms with van der Waals surface area (Å²) in [6.07, 6.45) is 1.88. The Morgan fingerprint density at radius 2 is 1.95 bits per heavy atom. The third-order valence-corrected chi connectivity index (χ3v) is 3.03. The molecule has 0 saturated carbocycles. The van der Waals surface area contributed by atoms with Gasteiger partial charge in [0.25, 0.3) is 0 Å². The van der Waals surface area contributed by atoms with Crippen molar-refractivity contribution in [1.29, 1.82) is 0 Å². The van der Waals surface area contributed by atoms with Crippen molar-refractivity contribution >= 4 is 16.4 Å². The van der Waals surface area contributed by atoms with Crippen molar-refractivity contribution in [2.75, 3.05) is 0 Å². The van der Waals surface area contributed by atoms with Crippen molar-refractivity contribution in [2.24, 2.45) is 0 Å². The van der Waals surface area contributed by atoms with Crippen molar-refractivity contribution in [3.63, 3.8) is 0 Å². The first-order chi connectivity index (χ1) is 8.71. The minimum atomic E-state index is -5.73. The fourth-order valence-electron chi connectivity index (χ4n) is 1.23. The zero-order valence-corrected chi connectivity index (χ0v) is 10.3. The van der Waals surface area contributed by atoms with Crippen LogP contribution >= 0.6 is 0 Å². The Balaban J connectivity index is 3.21. The number of rotatable bonds is 5. The second-order valence-corrected chi connectivity index (χ2v) is 5.00. The van der Waals surface area contributed by atoms with Crippen LogP contribution in [0, 0.1) is 0 Å². The first kappa shape index (κ1) is 15.2. The molecule has 0 unspecified atom stereocenters. The van der Waals surface area contributed by atoms with Gasteiger partial charge < -0.3 is 4.18 Å². The fraction of sp³-hybridized carbons (Fsp3) is 0.182. The highest BCUT2D eigenvalue weighted by Crippen LogP contribution is 2.29. The van der Waals surface area contributed by atoms with Crippen LogP contribution in [0.1, 0.15) is 15.9 Å². The summed E-state index contributed by atoms with van der Waals surface area (Å²) in [5, 5.41) is 0. The van der Waals surface area contributed by atoms with Crippen LogP contribution in [-0.4, -0.2) is 20.2 Å². The van der Waals surface area contributed by atoms with Crippen LogP contribution in [-0.2, 0) is 16.5 Å². The SMILES string of the molecule is C=CCc1cc(C=O)ccc1OS(=O)(=O)C(F)(F)F. The number of alkyl halides is 3. The maximum Gasteiger partial charge on any atom is 0.534 e. The third kappa shape index (κ3) is 3.57. The minimum Gasteiger partial charge on any atom is -0.376 e. The summed E-state index contributed by atoms with van der Waals surface area (Å²) in [6.45, 7) is 3.38. The van der Waals surface area contributed by atoms with Crippen LogP contribution < -0.4 is 4.18 Å². The fourth-order valence-corrected chi connectivity index (χ4v) is 1.73. The molecule has 0 N–H and O–H groups in total.